The fraction of sp³-hybridized carbons (Fsp3) is 0.333. The van der Waals surface area contributed by atoms with E-state index in [1.807, 2.05) is 12.1 Å². The standard InChI is InChI=1S/C24H25FN4O5/c1-24(29-18(30)3-2-4-19(31)32)13-33-23(34-14-24)22-27-20(15-5-7-17(25)8-6-15)21(28-22)16-9-11-26-12-10-16/h5-12,23H,2-4,13-14H2,1H3,(H,27,28)(H,29,30)(H,31,32). The van der Waals surface area contributed by atoms with Crippen molar-refractivity contribution in [3.63, 3.8) is 0 Å². The van der Waals surface area contributed by atoms with E-state index in [-0.39, 0.29) is 44.2 Å². The van der Waals surface area contributed by atoms with E-state index in [0.717, 1.165) is 11.1 Å². The molecule has 10 heteroatoms. The van der Waals surface area contributed by atoms with Gasteiger partial charge in [-0.2, -0.15) is 0 Å². The third kappa shape index (κ3) is 5.64. The van der Waals surface area contributed by atoms with Crippen molar-refractivity contribution in [3.05, 3.63) is 60.4 Å². The van der Waals surface area contributed by atoms with Gasteiger partial charge in [0.2, 0.25) is 12.2 Å². The van der Waals surface area contributed by atoms with Gasteiger partial charge < -0.3 is 24.9 Å². The first-order chi connectivity index (χ1) is 16.3. The number of rotatable bonds is 8. The molecule has 1 aromatic carbocycles. The van der Waals surface area contributed by atoms with Crippen molar-refractivity contribution in [1.82, 2.24) is 20.3 Å². The quantitative estimate of drug-likeness (QED) is 0.462. The Morgan fingerprint density at radius 3 is 2.44 bits per heavy atom. The van der Waals surface area contributed by atoms with Gasteiger partial charge in [0.15, 0.2) is 5.82 Å². The molecule has 4 rings (SSSR count). The Bertz CT molecular complexity index is 1140. The molecule has 0 spiro atoms. The van der Waals surface area contributed by atoms with Crippen molar-refractivity contribution < 1.29 is 28.6 Å². The number of carboxylic acid groups (broad SMARTS) is 1. The first-order valence-corrected chi connectivity index (χ1v) is 10.9. The van der Waals surface area contributed by atoms with Crippen molar-refractivity contribution in [1.29, 1.82) is 0 Å². The average molecular weight is 468 g/mol. The molecule has 1 aliphatic rings. The number of ether oxygens (including phenoxy) is 2. The molecule has 0 aliphatic carbocycles. The van der Waals surface area contributed by atoms with Crippen molar-refractivity contribution in [2.75, 3.05) is 13.2 Å². The average Bonchev–Trinajstić information content (AvgIpc) is 3.25. The van der Waals surface area contributed by atoms with Gasteiger partial charge in [0.05, 0.1) is 30.1 Å². The molecule has 0 radical (unpaired) electrons. The molecular formula is C24H25FN4O5. The summed E-state index contributed by atoms with van der Waals surface area (Å²) in [5.41, 5.74) is 2.16. The highest BCUT2D eigenvalue weighted by atomic mass is 19.1. The predicted molar refractivity (Wildman–Crippen MR) is 120 cm³/mol. The maximum absolute atomic E-state index is 13.5. The number of nitrogens with zero attached hydrogens (tertiary/aromatic N) is 2. The van der Waals surface area contributed by atoms with Crippen LogP contribution in [0.1, 0.15) is 38.3 Å². The van der Waals surface area contributed by atoms with E-state index >= 15 is 0 Å². The summed E-state index contributed by atoms with van der Waals surface area (Å²) in [5.74, 6) is -1.08. The summed E-state index contributed by atoms with van der Waals surface area (Å²) in [6.07, 6.45) is 2.85. The Labute approximate surface area is 195 Å². The molecule has 3 heterocycles. The number of halogens is 1. The lowest BCUT2D eigenvalue weighted by Gasteiger charge is -2.37. The van der Waals surface area contributed by atoms with Crippen molar-refractivity contribution in [2.45, 2.75) is 38.0 Å². The highest BCUT2D eigenvalue weighted by molar-refractivity contribution is 5.78. The Kier molecular flexibility index (Phi) is 6.99. The zero-order chi connectivity index (χ0) is 24.1. The smallest absolute Gasteiger partial charge is 0.303 e. The van der Waals surface area contributed by atoms with E-state index in [0.29, 0.717) is 17.2 Å². The SMILES string of the molecule is CC1(NC(=O)CCCC(=O)O)COC(c2nc(-c3ccncc3)c(-c3ccc(F)cc3)[nH]2)OC1. The largest absolute Gasteiger partial charge is 0.481 e. The Morgan fingerprint density at radius 1 is 1.12 bits per heavy atom. The van der Waals surface area contributed by atoms with E-state index in [4.69, 9.17) is 19.6 Å². The van der Waals surface area contributed by atoms with Crippen LogP contribution < -0.4 is 5.32 Å². The molecule has 34 heavy (non-hydrogen) atoms. The predicted octanol–water partition coefficient (Wildman–Crippen LogP) is 3.45. The van der Waals surface area contributed by atoms with Gasteiger partial charge in [-0.3, -0.25) is 14.6 Å². The second-order valence-electron chi connectivity index (χ2n) is 8.40. The van der Waals surface area contributed by atoms with Gasteiger partial charge in [-0.1, -0.05) is 0 Å². The molecule has 1 amide bonds. The number of hydrogen-bond donors (Lipinski definition) is 3. The normalized spacial score (nSPS) is 20.1. The number of carbonyl (C=O) groups is 2. The van der Waals surface area contributed by atoms with E-state index < -0.39 is 17.8 Å². The molecule has 0 bridgehead atoms. The van der Waals surface area contributed by atoms with Crippen LogP contribution in [0.25, 0.3) is 22.5 Å². The minimum Gasteiger partial charge on any atom is -0.481 e. The van der Waals surface area contributed by atoms with Gasteiger partial charge >= 0.3 is 5.97 Å². The van der Waals surface area contributed by atoms with Gasteiger partial charge in [-0.05, 0) is 49.7 Å². The monoisotopic (exact) mass is 468 g/mol. The molecule has 3 aromatic rings. The molecule has 0 atom stereocenters. The van der Waals surface area contributed by atoms with E-state index in [9.17, 15) is 14.0 Å². The molecule has 1 saturated heterocycles. The van der Waals surface area contributed by atoms with Gasteiger partial charge in [0.25, 0.3) is 0 Å². The highest BCUT2D eigenvalue weighted by Crippen LogP contribution is 2.34. The summed E-state index contributed by atoms with van der Waals surface area (Å²) >= 11 is 0. The van der Waals surface area contributed by atoms with Gasteiger partial charge in [0, 0.05) is 36.4 Å². The topological polar surface area (TPSA) is 126 Å². The van der Waals surface area contributed by atoms with Crippen molar-refractivity contribution in [3.8, 4) is 22.5 Å². The Balaban J connectivity index is 1.48. The number of benzene rings is 1. The number of carboxylic acids is 1. The van der Waals surface area contributed by atoms with Gasteiger partial charge in [-0.25, -0.2) is 9.37 Å². The summed E-state index contributed by atoms with van der Waals surface area (Å²) < 4.78 is 25.2. The summed E-state index contributed by atoms with van der Waals surface area (Å²) in [7, 11) is 0. The number of amides is 1. The molecule has 0 unspecified atom stereocenters. The van der Waals surface area contributed by atoms with Crippen LogP contribution >= 0.6 is 0 Å². The first kappa shape index (κ1) is 23.5. The second-order valence-corrected chi connectivity index (χ2v) is 8.40. The number of aromatic amines is 1. The van der Waals surface area contributed by atoms with Crippen LogP contribution in [0.4, 0.5) is 4.39 Å². The molecule has 178 valence electrons. The third-order valence-electron chi connectivity index (χ3n) is 5.37. The second kappa shape index (κ2) is 10.1. The number of aliphatic carboxylic acids is 1. The van der Waals surface area contributed by atoms with Crippen molar-refractivity contribution >= 4 is 11.9 Å². The van der Waals surface area contributed by atoms with Crippen LogP contribution in [0.5, 0.6) is 0 Å². The number of H-pyrrole nitrogens is 1. The van der Waals surface area contributed by atoms with Crippen LogP contribution in [0.15, 0.2) is 48.8 Å². The maximum atomic E-state index is 13.5. The molecule has 2 aromatic heterocycles. The lowest BCUT2D eigenvalue weighted by atomic mass is 10.0. The number of hydrogen-bond acceptors (Lipinski definition) is 6. The number of imidazole rings is 1. The molecule has 3 N–H and O–H groups in total. The molecule has 1 aliphatic heterocycles. The molecular weight excluding hydrogens is 443 g/mol. The zero-order valence-corrected chi connectivity index (χ0v) is 18.6. The van der Waals surface area contributed by atoms with Gasteiger partial charge in [-0.15, -0.1) is 0 Å². The summed E-state index contributed by atoms with van der Waals surface area (Å²) in [6, 6.07) is 9.74. The number of nitrogens with one attached hydrogen (secondary N) is 2. The molecule has 0 saturated carbocycles. The van der Waals surface area contributed by atoms with Crippen LogP contribution in [-0.4, -0.2) is 50.7 Å². The highest BCUT2D eigenvalue weighted by Gasteiger charge is 2.36. The lowest BCUT2D eigenvalue weighted by molar-refractivity contribution is -0.217. The van der Waals surface area contributed by atoms with E-state index in [2.05, 4.69) is 15.3 Å². The van der Waals surface area contributed by atoms with Crippen molar-refractivity contribution in [2.24, 2.45) is 0 Å². The third-order valence-corrected chi connectivity index (χ3v) is 5.37. The minimum absolute atomic E-state index is 0.0616. The summed E-state index contributed by atoms with van der Waals surface area (Å²) in [6.45, 7) is 2.16. The fourth-order valence-corrected chi connectivity index (χ4v) is 3.69. The minimum atomic E-state index is -0.934. The van der Waals surface area contributed by atoms with Crippen LogP contribution in [0.3, 0.4) is 0 Å². The molecule has 1 fully saturated rings. The molecule has 9 nitrogen and oxygen atoms in total. The maximum Gasteiger partial charge on any atom is 0.303 e. The van der Waals surface area contributed by atoms with Crippen LogP contribution in [0.2, 0.25) is 0 Å². The summed E-state index contributed by atoms with van der Waals surface area (Å²) in [5, 5.41) is 11.6. The van der Waals surface area contributed by atoms with Crippen LogP contribution in [0, 0.1) is 5.82 Å². The zero-order valence-electron chi connectivity index (χ0n) is 18.6. The number of pyridine rings is 1. The Hall–Kier alpha value is -3.63. The van der Waals surface area contributed by atoms with Crippen LogP contribution in [-0.2, 0) is 19.1 Å². The Morgan fingerprint density at radius 2 is 1.79 bits per heavy atom. The summed E-state index contributed by atoms with van der Waals surface area (Å²) in [4.78, 5) is 34.8. The number of aromatic nitrogens is 3. The van der Waals surface area contributed by atoms with E-state index in [1.165, 1.54) is 12.1 Å². The fourth-order valence-electron chi connectivity index (χ4n) is 3.69. The first-order valence-electron chi connectivity index (χ1n) is 10.9. The van der Waals surface area contributed by atoms with E-state index in [1.54, 1.807) is 31.5 Å². The number of carbonyl (C=O) groups excluding carboxylic acids is 1. The lowest BCUT2D eigenvalue weighted by Crippen LogP contribution is -2.55. The van der Waals surface area contributed by atoms with Gasteiger partial charge in [0.1, 0.15) is 5.82 Å².